The van der Waals surface area contributed by atoms with E-state index in [1.807, 2.05) is 36.4 Å². The Morgan fingerprint density at radius 2 is 1.83 bits per heavy atom. The summed E-state index contributed by atoms with van der Waals surface area (Å²) in [5.41, 5.74) is 2.31. The highest BCUT2D eigenvalue weighted by Gasteiger charge is 2.15. The topological polar surface area (TPSA) is 21.3 Å². The average Bonchev–Trinajstić information content (AvgIpc) is 3.07. The molecule has 0 radical (unpaired) electrons. The Hall–Kier alpha value is -1.03. The van der Waals surface area contributed by atoms with E-state index >= 15 is 0 Å². The minimum atomic E-state index is 0.551. The van der Waals surface area contributed by atoms with Crippen LogP contribution in [0.25, 0.3) is 0 Å². The molecule has 2 aromatic carbocycles. The SMILES string of the molecule is Clc1ccc(COc2ccc(Br)cc2CNC2CCCC2)cc1. The average molecular weight is 395 g/mol. The third kappa shape index (κ3) is 4.97. The van der Waals surface area contributed by atoms with Crippen LogP contribution in [0.4, 0.5) is 0 Å². The summed E-state index contributed by atoms with van der Waals surface area (Å²) in [5.74, 6) is 0.939. The quantitative estimate of drug-likeness (QED) is 0.677. The standard InChI is InChI=1S/C19H21BrClNO/c20-16-7-10-19(23-13-14-5-8-17(21)9-6-14)15(11-16)12-22-18-3-1-2-4-18/h5-11,18,22H,1-4,12-13H2. The monoisotopic (exact) mass is 393 g/mol. The molecule has 1 N–H and O–H groups in total. The molecule has 2 nitrogen and oxygen atoms in total. The van der Waals surface area contributed by atoms with Gasteiger partial charge in [-0.15, -0.1) is 0 Å². The van der Waals surface area contributed by atoms with E-state index in [0.29, 0.717) is 12.6 Å². The van der Waals surface area contributed by atoms with Crippen molar-refractivity contribution >= 4 is 27.5 Å². The van der Waals surface area contributed by atoms with Crippen LogP contribution in [0.15, 0.2) is 46.9 Å². The Labute approximate surface area is 151 Å². The Kier molecular flexibility index (Phi) is 5.98. The first kappa shape index (κ1) is 16.8. The van der Waals surface area contributed by atoms with Crippen LogP contribution in [0.5, 0.6) is 5.75 Å². The number of rotatable bonds is 6. The number of benzene rings is 2. The molecule has 0 aromatic heterocycles. The van der Waals surface area contributed by atoms with E-state index in [2.05, 4.69) is 27.3 Å². The van der Waals surface area contributed by atoms with Crippen LogP contribution >= 0.6 is 27.5 Å². The van der Waals surface area contributed by atoms with Gasteiger partial charge < -0.3 is 10.1 Å². The molecule has 1 aliphatic carbocycles. The summed E-state index contributed by atoms with van der Waals surface area (Å²) in [6.45, 7) is 1.40. The Morgan fingerprint density at radius 1 is 1.09 bits per heavy atom. The van der Waals surface area contributed by atoms with Gasteiger partial charge in [-0.25, -0.2) is 0 Å². The van der Waals surface area contributed by atoms with Crippen LogP contribution in [0.3, 0.4) is 0 Å². The second-order valence-electron chi connectivity index (χ2n) is 6.03. The normalized spacial score (nSPS) is 15.0. The minimum absolute atomic E-state index is 0.551. The van der Waals surface area contributed by atoms with Crippen LogP contribution in [0, 0.1) is 0 Å². The minimum Gasteiger partial charge on any atom is -0.489 e. The van der Waals surface area contributed by atoms with Crippen molar-refractivity contribution < 1.29 is 4.74 Å². The molecule has 3 rings (SSSR count). The van der Waals surface area contributed by atoms with E-state index in [4.69, 9.17) is 16.3 Å². The molecule has 0 spiro atoms. The molecule has 0 heterocycles. The first-order valence-corrected chi connectivity index (χ1v) is 9.27. The molecule has 0 amide bonds. The summed E-state index contributed by atoms with van der Waals surface area (Å²) in [6, 6.07) is 14.6. The second-order valence-corrected chi connectivity index (χ2v) is 7.38. The summed E-state index contributed by atoms with van der Waals surface area (Å²) in [7, 11) is 0. The zero-order chi connectivity index (χ0) is 16.1. The predicted octanol–water partition coefficient (Wildman–Crippen LogP) is 5.71. The molecule has 4 heteroatoms. The summed E-state index contributed by atoms with van der Waals surface area (Å²) < 4.78 is 7.11. The Balaban J connectivity index is 1.64. The van der Waals surface area contributed by atoms with Gasteiger partial charge in [-0.05, 0) is 48.7 Å². The van der Waals surface area contributed by atoms with Crippen molar-refractivity contribution in [1.29, 1.82) is 0 Å². The van der Waals surface area contributed by atoms with Gasteiger partial charge in [0.2, 0.25) is 0 Å². The highest BCUT2D eigenvalue weighted by molar-refractivity contribution is 9.10. The number of nitrogens with one attached hydrogen (secondary N) is 1. The van der Waals surface area contributed by atoms with E-state index in [-0.39, 0.29) is 0 Å². The molecule has 0 unspecified atom stereocenters. The van der Waals surface area contributed by atoms with Crippen molar-refractivity contribution in [1.82, 2.24) is 5.32 Å². The maximum Gasteiger partial charge on any atom is 0.124 e. The fraction of sp³-hybridized carbons (Fsp3) is 0.368. The molecule has 0 saturated heterocycles. The fourth-order valence-electron chi connectivity index (χ4n) is 2.95. The van der Waals surface area contributed by atoms with Crippen LogP contribution in [0.1, 0.15) is 36.8 Å². The number of hydrogen-bond donors (Lipinski definition) is 1. The molecule has 1 aliphatic rings. The molecule has 2 aromatic rings. The smallest absolute Gasteiger partial charge is 0.124 e. The predicted molar refractivity (Wildman–Crippen MR) is 99.0 cm³/mol. The Morgan fingerprint density at radius 3 is 2.57 bits per heavy atom. The van der Waals surface area contributed by atoms with E-state index in [0.717, 1.165) is 27.4 Å². The molecular formula is C19H21BrClNO. The van der Waals surface area contributed by atoms with Gasteiger partial charge in [0.25, 0.3) is 0 Å². The lowest BCUT2D eigenvalue weighted by Crippen LogP contribution is -2.25. The van der Waals surface area contributed by atoms with Gasteiger partial charge in [-0.1, -0.05) is 52.5 Å². The first-order chi connectivity index (χ1) is 11.2. The second kappa shape index (κ2) is 8.18. The molecule has 0 aliphatic heterocycles. The van der Waals surface area contributed by atoms with Gasteiger partial charge in [-0.3, -0.25) is 0 Å². The highest BCUT2D eigenvalue weighted by Crippen LogP contribution is 2.25. The van der Waals surface area contributed by atoms with E-state index in [9.17, 15) is 0 Å². The van der Waals surface area contributed by atoms with Gasteiger partial charge in [0.15, 0.2) is 0 Å². The summed E-state index contributed by atoms with van der Waals surface area (Å²) in [5, 5.41) is 4.40. The maximum absolute atomic E-state index is 6.03. The van der Waals surface area contributed by atoms with Gasteiger partial charge in [0, 0.05) is 27.6 Å². The van der Waals surface area contributed by atoms with E-state index in [1.54, 1.807) is 0 Å². The molecule has 122 valence electrons. The van der Waals surface area contributed by atoms with Crippen molar-refractivity contribution in [3.63, 3.8) is 0 Å². The van der Waals surface area contributed by atoms with Crippen LogP contribution in [0.2, 0.25) is 5.02 Å². The molecule has 1 saturated carbocycles. The van der Waals surface area contributed by atoms with Gasteiger partial charge in [0.1, 0.15) is 12.4 Å². The lowest BCUT2D eigenvalue weighted by atomic mass is 10.1. The maximum atomic E-state index is 6.03. The van der Waals surface area contributed by atoms with Crippen LogP contribution < -0.4 is 10.1 Å². The largest absolute Gasteiger partial charge is 0.489 e. The van der Waals surface area contributed by atoms with Crippen LogP contribution in [-0.4, -0.2) is 6.04 Å². The third-order valence-corrected chi connectivity index (χ3v) is 5.01. The van der Waals surface area contributed by atoms with Crippen LogP contribution in [-0.2, 0) is 13.2 Å². The zero-order valence-electron chi connectivity index (χ0n) is 13.0. The molecule has 0 bridgehead atoms. The molecular weight excluding hydrogens is 374 g/mol. The zero-order valence-corrected chi connectivity index (χ0v) is 15.4. The summed E-state index contributed by atoms with van der Waals surface area (Å²) in [4.78, 5) is 0. The third-order valence-electron chi connectivity index (χ3n) is 4.27. The van der Waals surface area contributed by atoms with Gasteiger partial charge in [0.05, 0.1) is 0 Å². The van der Waals surface area contributed by atoms with Crippen molar-refractivity contribution in [2.75, 3.05) is 0 Å². The first-order valence-electron chi connectivity index (χ1n) is 8.10. The van der Waals surface area contributed by atoms with Crippen molar-refractivity contribution in [3.05, 3.63) is 63.1 Å². The van der Waals surface area contributed by atoms with Crippen molar-refractivity contribution in [2.45, 2.75) is 44.9 Å². The highest BCUT2D eigenvalue weighted by atomic mass is 79.9. The van der Waals surface area contributed by atoms with E-state index in [1.165, 1.54) is 31.2 Å². The lowest BCUT2D eigenvalue weighted by Gasteiger charge is -2.16. The Bertz CT molecular complexity index is 638. The van der Waals surface area contributed by atoms with Gasteiger partial charge >= 0.3 is 0 Å². The number of halogens is 2. The number of ether oxygens (including phenoxy) is 1. The number of hydrogen-bond acceptors (Lipinski definition) is 2. The van der Waals surface area contributed by atoms with Crippen molar-refractivity contribution in [3.8, 4) is 5.75 Å². The lowest BCUT2D eigenvalue weighted by molar-refractivity contribution is 0.301. The molecule has 1 fully saturated rings. The molecule has 0 atom stereocenters. The fourth-order valence-corrected chi connectivity index (χ4v) is 3.49. The van der Waals surface area contributed by atoms with E-state index < -0.39 is 0 Å². The molecule has 23 heavy (non-hydrogen) atoms. The van der Waals surface area contributed by atoms with Crippen molar-refractivity contribution in [2.24, 2.45) is 0 Å². The summed E-state index contributed by atoms with van der Waals surface area (Å²) >= 11 is 9.48. The summed E-state index contributed by atoms with van der Waals surface area (Å²) in [6.07, 6.45) is 5.26. The van der Waals surface area contributed by atoms with Gasteiger partial charge in [-0.2, -0.15) is 0 Å².